The fourth-order valence-electron chi connectivity index (χ4n) is 2.53. The Balaban J connectivity index is 1.64. The van der Waals surface area contributed by atoms with Crippen LogP contribution in [0.2, 0.25) is 0 Å². The summed E-state index contributed by atoms with van der Waals surface area (Å²) in [7, 11) is 1.24. The largest absolute Gasteiger partial charge is 0.465 e. The van der Waals surface area contributed by atoms with Crippen LogP contribution in [0.15, 0.2) is 73.1 Å². The number of para-hydroxylation sites is 2. The quantitative estimate of drug-likeness (QED) is 0.599. The van der Waals surface area contributed by atoms with Crippen molar-refractivity contribution in [3.05, 3.63) is 84.2 Å². The average molecular weight is 406 g/mol. The first kappa shape index (κ1) is 20.5. The molecule has 0 aliphatic carbocycles. The minimum absolute atomic E-state index is 0.157. The van der Waals surface area contributed by atoms with Gasteiger partial charge in [-0.3, -0.25) is 9.78 Å². The molecule has 0 spiro atoms. The average Bonchev–Trinajstić information content (AvgIpc) is 2.78. The molecule has 0 saturated heterocycles. The molecule has 0 bridgehead atoms. The number of pyridine rings is 1. The number of benzene rings is 2. The van der Waals surface area contributed by atoms with Crippen LogP contribution in [0.4, 0.5) is 5.69 Å². The van der Waals surface area contributed by atoms with E-state index in [-0.39, 0.29) is 22.6 Å². The predicted octanol–water partition coefficient (Wildman–Crippen LogP) is 3.46. The van der Waals surface area contributed by atoms with Gasteiger partial charge in [0.2, 0.25) is 0 Å². The van der Waals surface area contributed by atoms with Gasteiger partial charge >= 0.3 is 11.9 Å². The van der Waals surface area contributed by atoms with E-state index < -0.39 is 24.5 Å². The molecule has 1 heterocycles. The maximum absolute atomic E-state index is 12.5. The van der Waals surface area contributed by atoms with Crippen molar-refractivity contribution in [3.8, 4) is 11.5 Å². The van der Waals surface area contributed by atoms with Crippen LogP contribution in [0, 0.1) is 0 Å². The van der Waals surface area contributed by atoms with Crippen molar-refractivity contribution >= 4 is 23.5 Å². The number of aromatic nitrogens is 1. The monoisotopic (exact) mass is 406 g/mol. The van der Waals surface area contributed by atoms with Crippen LogP contribution in [0.3, 0.4) is 0 Å². The highest BCUT2D eigenvalue weighted by Crippen LogP contribution is 2.25. The molecule has 152 valence electrons. The van der Waals surface area contributed by atoms with Crippen molar-refractivity contribution in [1.29, 1.82) is 0 Å². The molecule has 0 atom stereocenters. The number of anilines is 1. The summed E-state index contributed by atoms with van der Waals surface area (Å²) in [5.74, 6) is -1.21. The Kier molecular flexibility index (Phi) is 6.73. The van der Waals surface area contributed by atoms with Gasteiger partial charge in [-0.15, -0.1) is 0 Å². The number of amides is 1. The van der Waals surface area contributed by atoms with E-state index in [1.165, 1.54) is 25.4 Å². The minimum Gasteiger partial charge on any atom is -0.465 e. The third-order valence-electron chi connectivity index (χ3n) is 3.91. The smallest absolute Gasteiger partial charge is 0.342 e. The molecule has 1 N–H and O–H groups in total. The first-order valence-electron chi connectivity index (χ1n) is 8.89. The predicted molar refractivity (Wildman–Crippen MR) is 107 cm³/mol. The highest BCUT2D eigenvalue weighted by Gasteiger charge is 2.17. The van der Waals surface area contributed by atoms with Gasteiger partial charge in [0.1, 0.15) is 17.1 Å². The van der Waals surface area contributed by atoms with E-state index in [2.05, 4.69) is 15.0 Å². The molecule has 0 radical (unpaired) electrons. The summed E-state index contributed by atoms with van der Waals surface area (Å²) in [6, 6.07) is 16.2. The molecule has 0 aliphatic rings. The fourth-order valence-corrected chi connectivity index (χ4v) is 2.53. The van der Waals surface area contributed by atoms with Gasteiger partial charge in [0, 0.05) is 6.20 Å². The number of carbonyl (C=O) groups is 3. The number of esters is 2. The van der Waals surface area contributed by atoms with Gasteiger partial charge in [-0.05, 0) is 36.4 Å². The summed E-state index contributed by atoms with van der Waals surface area (Å²) < 4.78 is 15.5. The van der Waals surface area contributed by atoms with E-state index in [1.807, 2.05) is 0 Å². The summed E-state index contributed by atoms with van der Waals surface area (Å²) in [6.07, 6.45) is 3.11. The zero-order valence-corrected chi connectivity index (χ0v) is 16.0. The zero-order valence-electron chi connectivity index (χ0n) is 16.0. The molecule has 3 aromatic rings. The molecule has 0 aliphatic heterocycles. The van der Waals surface area contributed by atoms with Crippen molar-refractivity contribution in [3.63, 3.8) is 0 Å². The van der Waals surface area contributed by atoms with E-state index in [9.17, 15) is 14.4 Å². The first-order chi connectivity index (χ1) is 14.6. The second kappa shape index (κ2) is 9.83. The number of nitrogens with zero attached hydrogens (tertiary/aromatic N) is 1. The topological polar surface area (TPSA) is 104 Å². The number of hydrogen-bond acceptors (Lipinski definition) is 7. The zero-order chi connectivity index (χ0) is 21.3. The lowest BCUT2D eigenvalue weighted by Gasteiger charge is -2.12. The Labute approximate surface area is 172 Å². The minimum atomic E-state index is -0.731. The van der Waals surface area contributed by atoms with Gasteiger partial charge in [-0.2, -0.15) is 0 Å². The number of carbonyl (C=O) groups excluding carboxylic acids is 3. The lowest BCUT2D eigenvalue weighted by molar-refractivity contribution is -0.119. The number of hydrogen-bond donors (Lipinski definition) is 1. The highest BCUT2D eigenvalue weighted by molar-refractivity contribution is 6.02. The maximum Gasteiger partial charge on any atom is 0.342 e. The summed E-state index contributed by atoms with van der Waals surface area (Å²) in [4.78, 5) is 40.4. The molecule has 1 aromatic heterocycles. The lowest BCUT2D eigenvalue weighted by atomic mass is 10.2. The van der Waals surface area contributed by atoms with Crippen LogP contribution in [-0.4, -0.2) is 36.5 Å². The number of nitrogens with one attached hydrogen (secondary N) is 1. The molecule has 30 heavy (non-hydrogen) atoms. The molecule has 8 heteroatoms. The van der Waals surface area contributed by atoms with Gasteiger partial charge in [0.25, 0.3) is 5.91 Å². The maximum atomic E-state index is 12.5. The Hall–Kier alpha value is -4.20. The third-order valence-corrected chi connectivity index (χ3v) is 3.91. The van der Waals surface area contributed by atoms with Gasteiger partial charge in [-0.1, -0.05) is 24.3 Å². The standard InChI is InChI=1S/C22H18N2O6/c1-28-21(26)16-8-2-4-10-18(16)24-20(25)14-29-22(27)17-9-3-5-11-19(17)30-15-7-6-12-23-13-15/h2-13H,14H2,1H3,(H,24,25). The molecule has 3 rings (SSSR count). The molecule has 8 nitrogen and oxygen atoms in total. The molecular formula is C22H18N2O6. The molecule has 1 amide bonds. The Morgan fingerprint density at radius 3 is 2.37 bits per heavy atom. The van der Waals surface area contributed by atoms with Crippen LogP contribution in [0.1, 0.15) is 20.7 Å². The van der Waals surface area contributed by atoms with E-state index in [0.29, 0.717) is 5.75 Å². The highest BCUT2D eigenvalue weighted by atomic mass is 16.5. The van der Waals surface area contributed by atoms with Gasteiger partial charge in [0.15, 0.2) is 6.61 Å². The molecule has 0 saturated carbocycles. The normalized spacial score (nSPS) is 10.0. The second-order valence-corrected chi connectivity index (χ2v) is 5.95. The van der Waals surface area contributed by atoms with E-state index in [1.54, 1.807) is 54.7 Å². The van der Waals surface area contributed by atoms with Crippen LogP contribution in [0.5, 0.6) is 11.5 Å². The van der Waals surface area contributed by atoms with Gasteiger partial charge < -0.3 is 19.5 Å². The lowest BCUT2D eigenvalue weighted by Crippen LogP contribution is -2.22. The summed E-state index contributed by atoms with van der Waals surface area (Å²) >= 11 is 0. The summed E-state index contributed by atoms with van der Waals surface area (Å²) in [5.41, 5.74) is 0.602. The Bertz CT molecular complexity index is 1050. The van der Waals surface area contributed by atoms with E-state index in [0.717, 1.165) is 0 Å². The van der Waals surface area contributed by atoms with Crippen molar-refractivity contribution < 1.29 is 28.6 Å². The van der Waals surface area contributed by atoms with Crippen LogP contribution in [0.25, 0.3) is 0 Å². The summed E-state index contributed by atoms with van der Waals surface area (Å²) in [5, 5.41) is 2.53. The molecular weight excluding hydrogens is 388 g/mol. The summed E-state index contributed by atoms with van der Waals surface area (Å²) in [6.45, 7) is -0.546. The SMILES string of the molecule is COC(=O)c1ccccc1NC(=O)COC(=O)c1ccccc1Oc1cccnc1. The Morgan fingerprint density at radius 1 is 0.900 bits per heavy atom. The van der Waals surface area contributed by atoms with Gasteiger partial charge in [0.05, 0.1) is 24.6 Å². The van der Waals surface area contributed by atoms with E-state index in [4.69, 9.17) is 9.47 Å². The number of methoxy groups -OCH3 is 1. The molecule has 0 fully saturated rings. The number of rotatable bonds is 7. The van der Waals surface area contributed by atoms with Crippen LogP contribution < -0.4 is 10.1 Å². The first-order valence-corrected chi connectivity index (χ1v) is 8.89. The van der Waals surface area contributed by atoms with Crippen LogP contribution >= 0.6 is 0 Å². The fraction of sp³-hybridized carbons (Fsp3) is 0.0909. The second-order valence-electron chi connectivity index (χ2n) is 5.95. The van der Waals surface area contributed by atoms with E-state index >= 15 is 0 Å². The molecule has 2 aromatic carbocycles. The number of ether oxygens (including phenoxy) is 3. The molecule has 0 unspecified atom stereocenters. The van der Waals surface area contributed by atoms with Crippen molar-refractivity contribution in [1.82, 2.24) is 4.98 Å². The van der Waals surface area contributed by atoms with Crippen molar-refractivity contribution in [2.75, 3.05) is 19.0 Å². The van der Waals surface area contributed by atoms with Gasteiger partial charge in [-0.25, -0.2) is 9.59 Å². The van der Waals surface area contributed by atoms with Crippen molar-refractivity contribution in [2.24, 2.45) is 0 Å². The Morgan fingerprint density at radius 2 is 1.63 bits per heavy atom. The van der Waals surface area contributed by atoms with Crippen LogP contribution in [-0.2, 0) is 14.3 Å². The van der Waals surface area contributed by atoms with Crippen molar-refractivity contribution in [2.45, 2.75) is 0 Å². The third kappa shape index (κ3) is 5.20.